The van der Waals surface area contributed by atoms with Crippen LogP contribution in [0.4, 0.5) is 5.69 Å². The molecule has 0 aliphatic heterocycles. The summed E-state index contributed by atoms with van der Waals surface area (Å²) < 4.78 is 1.95. The van der Waals surface area contributed by atoms with Gasteiger partial charge in [0.2, 0.25) is 5.88 Å². The van der Waals surface area contributed by atoms with Crippen molar-refractivity contribution in [3.8, 4) is 5.88 Å². The van der Waals surface area contributed by atoms with Crippen molar-refractivity contribution in [1.29, 1.82) is 0 Å². The molecule has 0 aliphatic rings. The predicted molar refractivity (Wildman–Crippen MR) is 124 cm³/mol. The number of hydrogen-bond acceptors (Lipinski definition) is 5. The first-order valence-electron chi connectivity index (χ1n) is 8.90. The highest BCUT2D eigenvalue weighted by atomic mass is 35.5. The van der Waals surface area contributed by atoms with Crippen LogP contribution in [-0.2, 0) is 19.8 Å². The van der Waals surface area contributed by atoms with E-state index in [1.54, 1.807) is 18.2 Å². The lowest BCUT2D eigenvalue weighted by molar-refractivity contribution is 0.410. The van der Waals surface area contributed by atoms with Gasteiger partial charge in [-0.15, -0.1) is 11.8 Å². The lowest BCUT2D eigenvalue weighted by atomic mass is 10.2. The topological polar surface area (TPSA) is 76.6 Å². The fourth-order valence-electron chi connectivity index (χ4n) is 2.70. The number of aromatic nitrogens is 2. The average Bonchev–Trinajstić information content (AvgIpc) is 2.71. The number of hydrogen-bond donors (Lipinski definition) is 1. The molecule has 0 fully saturated rings. The Balaban J connectivity index is 2.12. The summed E-state index contributed by atoms with van der Waals surface area (Å²) >= 11 is 13.5. The Labute approximate surface area is 187 Å². The van der Waals surface area contributed by atoms with Gasteiger partial charge in [-0.1, -0.05) is 47.0 Å². The molecule has 2 aromatic carbocycles. The van der Waals surface area contributed by atoms with Crippen LogP contribution in [0.2, 0.25) is 10.0 Å². The quantitative estimate of drug-likeness (QED) is 0.458. The van der Waals surface area contributed by atoms with Crippen molar-refractivity contribution in [1.82, 2.24) is 9.13 Å². The molecule has 156 valence electrons. The van der Waals surface area contributed by atoms with Gasteiger partial charge in [0.05, 0.1) is 5.69 Å². The number of aliphatic imine (C=N–C) groups is 1. The molecule has 1 N–H and O–H groups in total. The molecule has 1 aromatic heterocycles. The average molecular weight is 464 g/mol. The molecule has 0 amide bonds. The Morgan fingerprint density at radius 1 is 1.07 bits per heavy atom. The Kier molecular flexibility index (Phi) is 6.75. The van der Waals surface area contributed by atoms with Crippen molar-refractivity contribution >= 4 is 45.7 Å². The molecule has 0 radical (unpaired) electrons. The third-order valence-electron chi connectivity index (χ3n) is 4.49. The maximum Gasteiger partial charge on any atom is 0.333 e. The molecule has 9 heteroatoms. The first-order chi connectivity index (χ1) is 14.2. The van der Waals surface area contributed by atoms with Crippen LogP contribution in [0.5, 0.6) is 5.88 Å². The summed E-state index contributed by atoms with van der Waals surface area (Å²) in [6.45, 7) is 1.96. The lowest BCUT2D eigenvalue weighted by Gasteiger charge is -2.13. The standard InChI is InChI=1S/C21H19Cl2N3O3S/c1-12-4-8-15(9-5-12)24-18(30-11-13-6-7-14(22)10-16(13)23)17-19(27)25(2)21(29)26(3)20(17)28/h4-10,27H,11H2,1-3H3. The van der Waals surface area contributed by atoms with Crippen LogP contribution in [0.25, 0.3) is 0 Å². The van der Waals surface area contributed by atoms with Crippen LogP contribution in [0.15, 0.2) is 57.0 Å². The van der Waals surface area contributed by atoms with Crippen LogP contribution in [0.1, 0.15) is 16.7 Å². The molecule has 30 heavy (non-hydrogen) atoms. The van der Waals surface area contributed by atoms with Gasteiger partial charge in [0, 0.05) is 29.9 Å². The van der Waals surface area contributed by atoms with E-state index in [-0.39, 0.29) is 10.6 Å². The smallest absolute Gasteiger partial charge is 0.333 e. The fraction of sp³-hybridized carbons (Fsp3) is 0.190. The second-order valence-electron chi connectivity index (χ2n) is 6.68. The first-order valence-corrected chi connectivity index (χ1v) is 10.6. The molecule has 0 spiro atoms. The number of benzene rings is 2. The van der Waals surface area contributed by atoms with Crippen molar-refractivity contribution in [3.63, 3.8) is 0 Å². The van der Waals surface area contributed by atoms with Gasteiger partial charge in [0.1, 0.15) is 10.6 Å². The molecule has 3 aromatic rings. The summed E-state index contributed by atoms with van der Waals surface area (Å²) in [6, 6.07) is 12.6. The molecular formula is C21H19Cl2N3O3S. The van der Waals surface area contributed by atoms with Gasteiger partial charge in [-0.3, -0.25) is 13.9 Å². The summed E-state index contributed by atoms with van der Waals surface area (Å²) in [5, 5.41) is 11.9. The predicted octanol–water partition coefficient (Wildman–Crippen LogP) is 4.42. The number of halogens is 2. The van der Waals surface area contributed by atoms with Crippen molar-refractivity contribution in [2.75, 3.05) is 0 Å². The summed E-state index contributed by atoms with van der Waals surface area (Å²) in [5.41, 5.74) is 1.18. The molecule has 0 saturated carbocycles. The van der Waals surface area contributed by atoms with E-state index in [2.05, 4.69) is 4.99 Å². The Morgan fingerprint density at radius 3 is 2.37 bits per heavy atom. The van der Waals surface area contributed by atoms with E-state index in [0.717, 1.165) is 20.3 Å². The molecule has 0 bridgehead atoms. The van der Waals surface area contributed by atoms with E-state index in [0.29, 0.717) is 21.5 Å². The molecule has 0 unspecified atom stereocenters. The maximum absolute atomic E-state index is 12.8. The summed E-state index contributed by atoms with van der Waals surface area (Å²) in [6.07, 6.45) is 0. The third kappa shape index (κ3) is 4.64. The van der Waals surface area contributed by atoms with E-state index in [9.17, 15) is 14.7 Å². The van der Waals surface area contributed by atoms with Crippen molar-refractivity contribution in [2.45, 2.75) is 12.7 Å². The zero-order valence-corrected chi connectivity index (χ0v) is 18.8. The molecule has 1 heterocycles. The molecule has 0 saturated heterocycles. The van der Waals surface area contributed by atoms with E-state index in [4.69, 9.17) is 23.2 Å². The molecule has 3 rings (SSSR count). The maximum atomic E-state index is 12.8. The van der Waals surface area contributed by atoms with Crippen LogP contribution in [-0.4, -0.2) is 19.3 Å². The van der Waals surface area contributed by atoms with Crippen LogP contribution >= 0.6 is 35.0 Å². The minimum atomic E-state index is -0.629. The largest absolute Gasteiger partial charge is 0.494 e. The van der Waals surface area contributed by atoms with Gasteiger partial charge < -0.3 is 5.11 Å². The monoisotopic (exact) mass is 463 g/mol. The number of nitrogens with zero attached hydrogens (tertiary/aromatic N) is 3. The number of aryl methyl sites for hydroxylation is 1. The van der Waals surface area contributed by atoms with Crippen LogP contribution in [0.3, 0.4) is 0 Å². The van der Waals surface area contributed by atoms with Crippen molar-refractivity contribution < 1.29 is 5.11 Å². The zero-order chi connectivity index (χ0) is 22.0. The Morgan fingerprint density at radius 2 is 1.73 bits per heavy atom. The van der Waals surface area contributed by atoms with Crippen LogP contribution in [0, 0.1) is 6.92 Å². The molecule has 0 aliphatic carbocycles. The molecule has 0 atom stereocenters. The summed E-state index contributed by atoms with van der Waals surface area (Å²) in [4.78, 5) is 29.5. The van der Waals surface area contributed by atoms with Gasteiger partial charge in [-0.2, -0.15) is 0 Å². The highest BCUT2D eigenvalue weighted by molar-refractivity contribution is 8.13. The second-order valence-corrected chi connectivity index (χ2v) is 8.49. The second kappa shape index (κ2) is 9.12. The molecule has 6 nitrogen and oxygen atoms in total. The highest BCUT2D eigenvalue weighted by Gasteiger charge is 2.21. The van der Waals surface area contributed by atoms with Gasteiger partial charge in [0.15, 0.2) is 0 Å². The van der Waals surface area contributed by atoms with E-state index >= 15 is 0 Å². The minimum absolute atomic E-state index is 0.0461. The van der Waals surface area contributed by atoms with E-state index in [1.807, 2.05) is 31.2 Å². The Hall–Kier alpha value is -2.48. The van der Waals surface area contributed by atoms with Crippen LogP contribution < -0.4 is 11.2 Å². The highest BCUT2D eigenvalue weighted by Crippen LogP contribution is 2.29. The lowest BCUT2D eigenvalue weighted by Crippen LogP contribution is -2.39. The van der Waals surface area contributed by atoms with Gasteiger partial charge >= 0.3 is 5.69 Å². The summed E-state index contributed by atoms with van der Waals surface area (Å²) in [5.74, 6) is -0.0600. The van der Waals surface area contributed by atoms with E-state index in [1.165, 1.54) is 25.9 Å². The molecular weight excluding hydrogens is 445 g/mol. The van der Waals surface area contributed by atoms with Crippen molar-refractivity contribution in [2.24, 2.45) is 19.1 Å². The number of rotatable bonds is 4. The van der Waals surface area contributed by atoms with Gasteiger partial charge in [0.25, 0.3) is 5.56 Å². The number of aromatic hydroxyl groups is 1. The van der Waals surface area contributed by atoms with Crippen molar-refractivity contribution in [3.05, 3.63) is 90.0 Å². The number of thioether (sulfide) groups is 1. The fourth-order valence-corrected chi connectivity index (χ4v) is 4.29. The Bertz CT molecular complexity index is 1250. The third-order valence-corrected chi connectivity index (χ3v) is 6.10. The van der Waals surface area contributed by atoms with Gasteiger partial charge in [-0.25, -0.2) is 9.79 Å². The zero-order valence-electron chi connectivity index (χ0n) is 16.5. The van der Waals surface area contributed by atoms with Gasteiger partial charge in [-0.05, 0) is 36.8 Å². The van der Waals surface area contributed by atoms with E-state index < -0.39 is 17.1 Å². The SMILES string of the molecule is Cc1ccc(N=C(SCc2ccc(Cl)cc2Cl)c2c(O)n(C)c(=O)n(C)c2=O)cc1. The minimum Gasteiger partial charge on any atom is -0.494 e. The normalized spacial score (nSPS) is 11.7. The summed E-state index contributed by atoms with van der Waals surface area (Å²) in [7, 11) is 2.75. The first kappa shape index (κ1) is 22.2.